The molecule has 1 aliphatic heterocycles. The van der Waals surface area contributed by atoms with Gasteiger partial charge in [-0.3, -0.25) is 9.78 Å². The number of likely N-dealkylation sites (tertiary alicyclic amines) is 1. The number of rotatable bonds is 1. The summed E-state index contributed by atoms with van der Waals surface area (Å²) < 4.78 is 0.846. The first-order chi connectivity index (χ1) is 7.58. The Morgan fingerprint density at radius 1 is 1.38 bits per heavy atom. The molecule has 2 heterocycles. The fourth-order valence-electron chi connectivity index (χ4n) is 2.01. The van der Waals surface area contributed by atoms with Gasteiger partial charge in [0, 0.05) is 30.0 Å². The number of nitrogens with zero attached hydrogens (tertiary/aromatic N) is 2. The molecule has 1 aromatic heterocycles. The van der Waals surface area contributed by atoms with Crippen LogP contribution in [0.1, 0.15) is 24.2 Å². The predicted molar refractivity (Wildman–Crippen MR) is 66.2 cm³/mol. The second kappa shape index (κ2) is 4.53. The zero-order valence-electron chi connectivity index (χ0n) is 9.48. The van der Waals surface area contributed by atoms with Crippen LogP contribution in [-0.4, -0.2) is 28.9 Å². The normalized spacial score (nSPS) is 24.8. The van der Waals surface area contributed by atoms with E-state index >= 15 is 0 Å². The minimum Gasteiger partial charge on any atom is -0.338 e. The summed E-state index contributed by atoms with van der Waals surface area (Å²) in [5.41, 5.74) is 0.663. The Kier molecular flexibility index (Phi) is 3.28. The van der Waals surface area contributed by atoms with Gasteiger partial charge in [-0.1, -0.05) is 13.8 Å². The SMILES string of the molecule is CC1CN(C(=O)c2cncc(Br)c2)CC1C. The summed E-state index contributed by atoms with van der Waals surface area (Å²) in [6.45, 7) is 6.09. The Labute approximate surface area is 104 Å². The third-order valence-corrected chi connectivity index (χ3v) is 3.66. The van der Waals surface area contributed by atoms with E-state index in [1.165, 1.54) is 0 Å². The van der Waals surface area contributed by atoms with Crippen LogP contribution in [0.4, 0.5) is 0 Å². The average Bonchev–Trinajstić information content (AvgIpc) is 2.58. The van der Waals surface area contributed by atoms with Crippen molar-refractivity contribution < 1.29 is 4.79 Å². The van der Waals surface area contributed by atoms with E-state index in [2.05, 4.69) is 34.8 Å². The lowest BCUT2D eigenvalue weighted by atomic mass is 10.0. The van der Waals surface area contributed by atoms with Gasteiger partial charge in [-0.15, -0.1) is 0 Å². The molecule has 1 aliphatic rings. The molecule has 1 fully saturated rings. The molecular formula is C12H15BrN2O. The lowest BCUT2D eigenvalue weighted by molar-refractivity contribution is 0.0784. The standard InChI is InChI=1S/C12H15BrN2O/c1-8-6-15(7-9(8)2)12(16)10-3-11(13)5-14-4-10/h3-5,8-9H,6-7H2,1-2H3. The maximum Gasteiger partial charge on any atom is 0.255 e. The van der Waals surface area contributed by atoms with Crippen LogP contribution >= 0.6 is 15.9 Å². The number of pyridine rings is 1. The second-order valence-corrected chi connectivity index (χ2v) is 5.47. The van der Waals surface area contributed by atoms with Gasteiger partial charge in [-0.25, -0.2) is 0 Å². The Hall–Kier alpha value is -0.900. The van der Waals surface area contributed by atoms with Crippen LogP contribution in [-0.2, 0) is 0 Å². The van der Waals surface area contributed by atoms with Gasteiger partial charge in [0.1, 0.15) is 0 Å². The third-order valence-electron chi connectivity index (χ3n) is 3.23. The first kappa shape index (κ1) is 11.6. The van der Waals surface area contributed by atoms with Crippen LogP contribution < -0.4 is 0 Å². The molecule has 2 rings (SSSR count). The highest BCUT2D eigenvalue weighted by Gasteiger charge is 2.29. The van der Waals surface area contributed by atoms with E-state index in [0.717, 1.165) is 17.6 Å². The molecular weight excluding hydrogens is 268 g/mol. The molecule has 0 radical (unpaired) electrons. The molecule has 0 bridgehead atoms. The Morgan fingerprint density at radius 3 is 2.56 bits per heavy atom. The molecule has 4 heteroatoms. The minimum absolute atomic E-state index is 0.0880. The third kappa shape index (κ3) is 2.26. The van der Waals surface area contributed by atoms with Crippen molar-refractivity contribution in [3.05, 3.63) is 28.5 Å². The molecule has 0 spiro atoms. The van der Waals surface area contributed by atoms with Crippen molar-refractivity contribution in [1.82, 2.24) is 9.88 Å². The van der Waals surface area contributed by atoms with Crippen LogP contribution in [0.25, 0.3) is 0 Å². The summed E-state index contributed by atoms with van der Waals surface area (Å²) >= 11 is 3.33. The van der Waals surface area contributed by atoms with Gasteiger partial charge in [0.05, 0.1) is 5.56 Å². The Bertz CT molecular complexity index is 398. The molecule has 0 saturated carbocycles. The van der Waals surface area contributed by atoms with E-state index in [1.807, 2.05) is 11.0 Å². The summed E-state index contributed by atoms with van der Waals surface area (Å²) in [4.78, 5) is 18.1. The smallest absolute Gasteiger partial charge is 0.255 e. The fraction of sp³-hybridized carbons (Fsp3) is 0.500. The fourth-order valence-corrected chi connectivity index (χ4v) is 2.37. The highest BCUT2D eigenvalue weighted by atomic mass is 79.9. The summed E-state index contributed by atoms with van der Waals surface area (Å²) in [5.74, 6) is 1.26. The molecule has 1 aromatic rings. The van der Waals surface area contributed by atoms with Crippen molar-refractivity contribution in [3.63, 3.8) is 0 Å². The van der Waals surface area contributed by atoms with Crippen molar-refractivity contribution in [3.8, 4) is 0 Å². The summed E-state index contributed by atoms with van der Waals surface area (Å²) in [6, 6.07) is 1.82. The highest BCUT2D eigenvalue weighted by Crippen LogP contribution is 2.24. The van der Waals surface area contributed by atoms with Gasteiger partial charge < -0.3 is 4.90 Å². The summed E-state index contributed by atoms with van der Waals surface area (Å²) in [6.07, 6.45) is 3.31. The zero-order chi connectivity index (χ0) is 11.7. The molecule has 86 valence electrons. The van der Waals surface area contributed by atoms with E-state index in [1.54, 1.807) is 12.4 Å². The number of halogens is 1. The van der Waals surface area contributed by atoms with Gasteiger partial charge in [0.15, 0.2) is 0 Å². The number of hydrogen-bond donors (Lipinski definition) is 0. The van der Waals surface area contributed by atoms with Gasteiger partial charge in [0.2, 0.25) is 0 Å². The maximum atomic E-state index is 12.2. The Balaban J connectivity index is 2.14. The molecule has 1 saturated heterocycles. The largest absolute Gasteiger partial charge is 0.338 e. The van der Waals surface area contributed by atoms with Crippen LogP contribution in [0.5, 0.6) is 0 Å². The monoisotopic (exact) mass is 282 g/mol. The topological polar surface area (TPSA) is 33.2 Å². The molecule has 16 heavy (non-hydrogen) atoms. The lowest BCUT2D eigenvalue weighted by Crippen LogP contribution is -2.28. The average molecular weight is 283 g/mol. The van der Waals surface area contributed by atoms with Crippen molar-refractivity contribution in [2.45, 2.75) is 13.8 Å². The van der Waals surface area contributed by atoms with E-state index in [-0.39, 0.29) is 5.91 Å². The van der Waals surface area contributed by atoms with Gasteiger partial charge in [-0.05, 0) is 33.8 Å². The van der Waals surface area contributed by atoms with Crippen LogP contribution in [0.15, 0.2) is 22.9 Å². The minimum atomic E-state index is 0.0880. The van der Waals surface area contributed by atoms with Crippen molar-refractivity contribution >= 4 is 21.8 Å². The van der Waals surface area contributed by atoms with E-state index in [9.17, 15) is 4.79 Å². The summed E-state index contributed by atoms with van der Waals surface area (Å²) in [7, 11) is 0. The molecule has 0 N–H and O–H groups in total. The lowest BCUT2D eigenvalue weighted by Gasteiger charge is -2.15. The Morgan fingerprint density at radius 2 is 2.00 bits per heavy atom. The summed E-state index contributed by atoms with van der Waals surface area (Å²) in [5, 5.41) is 0. The quantitative estimate of drug-likeness (QED) is 0.793. The first-order valence-electron chi connectivity index (χ1n) is 5.47. The van der Waals surface area contributed by atoms with E-state index in [0.29, 0.717) is 17.4 Å². The molecule has 0 aromatic carbocycles. The predicted octanol–water partition coefficient (Wildman–Crippen LogP) is 2.57. The number of aromatic nitrogens is 1. The molecule has 2 unspecified atom stereocenters. The molecule has 2 atom stereocenters. The second-order valence-electron chi connectivity index (χ2n) is 4.56. The van der Waals surface area contributed by atoms with E-state index < -0.39 is 0 Å². The number of carbonyl (C=O) groups is 1. The number of amides is 1. The van der Waals surface area contributed by atoms with E-state index in [4.69, 9.17) is 0 Å². The van der Waals surface area contributed by atoms with Gasteiger partial charge >= 0.3 is 0 Å². The van der Waals surface area contributed by atoms with Gasteiger partial charge in [0.25, 0.3) is 5.91 Å². The highest BCUT2D eigenvalue weighted by molar-refractivity contribution is 9.10. The molecule has 3 nitrogen and oxygen atoms in total. The van der Waals surface area contributed by atoms with Crippen LogP contribution in [0.3, 0.4) is 0 Å². The molecule has 0 aliphatic carbocycles. The van der Waals surface area contributed by atoms with Crippen LogP contribution in [0.2, 0.25) is 0 Å². The van der Waals surface area contributed by atoms with Crippen molar-refractivity contribution in [1.29, 1.82) is 0 Å². The number of carbonyl (C=O) groups excluding carboxylic acids is 1. The van der Waals surface area contributed by atoms with Crippen molar-refractivity contribution in [2.75, 3.05) is 13.1 Å². The van der Waals surface area contributed by atoms with Gasteiger partial charge in [-0.2, -0.15) is 0 Å². The van der Waals surface area contributed by atoms with Crippen LogP contribution in [0, 0.1) is 11.8 Å². The van der Waals surface area contributed by atoms with Crippen molar-refractivity contribution in [2.24, 2.45) is 11.8 Å². The molecule has 1 amide bonds. The first-order valence-corrected chi connectivity index (χ1v) is 6.27. The maximum absolute atomic E-state index is 12.2. The number of hydrogen-bond acceptors (Lipinski definition) is 2. The zero-order valence-corrected chi connectivity index (χ0v) is 11.1.